The van der Waals surface area contributed by atoms with Crippen molar-refractivity contribution in [1.29, 1.82) is 0 Å². The molecule has 0 radical (unpaired) electrons. The van der Waals surface area contributed by atoms with E-state index >= 15 is 0 Å². The number of rotatable bonds is 9. The SMILES string of the molecule is CCOC(=O)C[N+](C)(C)CCCC(=O)Cc1cc(C)sc1C. The highest BCUT2D eigenvalue weighted by atomic mass is 32.1. The van der Waals surface area contributed by atoms with Gasteiger partial charge in [0, 0.05) is 29.0 Å². The van der Waals surface area contributed by atoms with Crippen LogP contribution in [0.1, 0.15) is 35.1 Å². The maximum atomic E-state index is 12.1. The molecule has 1 aromatic heterocycles. The lowest BCUT2D eigenvalue weighted by atomic mass is 10.1. The number of aryl methyl sites for hydroxylation is 2. The zero-order valence-corrected chi connectivity index (χ0v) is 15.2. The lowest BCUT2D eigenvalue weighted by Crippen LogP contribution is -2.45. The number of nitrogens with zero attached hydrogens (tertiary/aromatic N) is 1. The van der Waals surface area contributed by atoms with Gasteiger partial charge < -0.3 is 9.22 Å². The molecule has 4 nitrogen and oxygen atoms in total. The third-order valence-corrected chi connectivity index (χ3v) is 4.62. The minimum Gasteiger partial charge on any atom is -0.462 e. The van der Waals surface area contributed by atoms with Gasteiger partial charge >= 0.3 is 5.97 Å². The van der Waals surface area contributed by atoms with Crippen LogP contribution >= 0.6 is 11.3 Å². The van der Waals surface area contributed by atoms with E-state index in [-0.39, 0.29) is 11.8 Å². The molecular weight excluding hydrogens is 298 g/mol. The van der Waals surface area contributed by atoms with Gasteiger partial charge in [-0.05, 0) is 32.4 Å². The summed E-state index contributed by atoms with van der Waals surface area (Å²) in [4.78, 5) is 26.1. The van der Waals surface area contributed by atoms with Crippen LogP contribution in [0.15, 0.2) is 6.07 Å². The number of ketones is 1. The molecule has 1 heterocycles. The van der Waals surface area contributed by atoms with Gasteiger partial charge in [0.15, 0.2) is 6.54 Å². The summed E-state index contributed by atoms with van der Waals surface area (Å²) in [5.41, 5.74) is 1.16. The molecule has 0 unspecified atom stereocenters. The van der Waals surface area contributed by atoms with Crippen molar-refractivity contribution < 1.29 is 18.8 Å². The Morgan fingerprint density at radius 3 is 2.50 bits per heavy atom. The first-order valence-corrected chi connectivity index (χ1v) is 8.60. The number of esters is 1. The molecule has 1 aromatic rings. The molecule has 0 aliphatic rings. The zero-order valence-electron chi connectivity index (χ0n) is 14.4. The number of quaternary nitrogens is 1. The fourth-order valence-electron chi connectivity index (χ4n) is 2.50. The van der Waals surface area contributed by atoms with Crippen molar-refractivity contribution in [3.05, 3.63) is 21.4 Å². The van der Waals surface area contributed by atoms with Crippen LogP contribution in [0.2, 0.25) is 0 Å². The lowest BCUT2D eigenvalue weighted by Gasteiger charge is -2.28. The molecule has 0 atom stereocenters. The van der Waals surface area contributed by atoms with Crippen LogP contribution in [0.4, 0.5) is 0 Å². The second-order valence-corrected chi connectivity index (χ2v) is 7.84. The van der Waals surface area contributed by atoms with Crippen LogP contribution in [0, 0.1) is 13.8 Å². The number of hydrogen-bond donors (Lipinski definition) is 0. The monoisotopic (exact) mass is 326 g/mol. The Labute approximate surface area is 137 Å². The summed E-state index contributed by atoms with van der Waals surface area (Å²) in [6, 6.07) is 2.11. The second kappa shape index (κ2) is 8.44. The van der Waals surface area contributed by atoms with Crippen molar-refractivity contribution in [1.82, 2.24) is 0 Å². The van der Waals surface area contributed by atoms with Gasteiger partial charge in [-0.15, -0.1) is 11.3 Å². The van der Waals surface area contributed by atoms with Crippen LogP contribution in [-0.4, -0.2) is 50.0 Å². The minimum atomic E-state index is -0.178. The molecule has 1 rings (SSSR count). The van der Waals surface area contributed by atoms with Crippen LogP contribution in [0.25, 0.3) is 0 Å². The molecule has 0 aliphatic heterocycles. The molecule has 0 saturated heterocycles. The number of carbonyl (C=O) groups is 2. The predicted molar refractivity (Wildman–Crippen MR) is 90.2 cm³/mol. The van der Waals surface area contributed by atoms with Gasteiger partial charge in [-0.3, -0.25) is 4.79 Å². The smallest absolute Gasteiger partial charge is 0.361 e. The van der Waals surface area contributed by atoms with Gasteiger partial charge in [0.1, 0.15) is 5.78 Å². The lowest BCUT2D eigenvalue weighted by molar-refractivity contribution is -0.883. The first kappa shape index (κ1) is 18.8. The highest BCUT2D eigenvalue weighted by Gasteiger charge is 2.21. The van der Waals surface area contributed by atoms with Gasteiger partial charge in [-0.25, -0.2) is 4.79 Å². The number of thiophene rings is 1. The standard InChI is InChI=1S/C17H28NO3S/c1-6-21-17(20)12-18(4,5)9-7-8-16(19)11-15-10-13(2)22-14(15)3/h10H,6-9,11-12H2,1-5H3/q+1. The topological polar surface area (TPSA) is 43.4 Å². The molecular formula is C17H28NO3S+. The van der Waals surface area contributed by atoms with E-state index < -0.39 is 0 Å². The molecule has 0 bridgehead atoms. The summed E-state index contributed by atoms with van der Waals surface area (Å²) in [5.74, 6) is 0.0974. The highest BCUT2D eigenvalue weighted by Crippen LogP contribution is 2.21. The van der Waals surface area contributed by atoms with Gasteiger partial charge in [0.05, 0.1) is 27.2 Å². The number of Topliss-reactive ketones (excluding diaryl/α,β-unsaturated/α-hetero) is 1. The number of likely N-dealkylation sites (N-methyl/N-ethyl adjacent to an activating group) is 1. The molecule has 0 aliphatic carbocycles. The Bertz CT molecular complexity index is 520. The Morgan fingerprint density at radius 1 is 1.27 bits per heavy atom. The van der Waals surface area contributed by atoms with E-state index in [4.69, 9.17) is 4.74 Å². The second-order valence-electron chi connectivity index (χ2n) is 6.38. The normalized spacial score (nSPS) is 11.5. The molecule has 0 N–H and O–H groups in total. The summed E-state index contributed by atoms with van der Waals surface area (Å²) in [7, 11) is 3.99. The molecule has 5 heteroatoms. The minimum absolute atomic E-state index is 0.178. The van der Waals surface area contributed by atoms with Crippen molar-refractivity contribution in [2.75, 3.05) is 33.8 Å². The largest absolute Gasteiger partial charge is 0.462 e. The molecule has 0 aromatic carbocycles. The van der Waals surface area contributed by atoms with E-state index in [2.05, 4.69) is 19.9 Å². The van der Waals surface area contributed by atoms with Crippen LogP contribution < -0.4 is 0 Å². The van der Waals surface area contributed by atoms with Gasteiger partial charge in [-0.2, -0.15) is 0 Å². The van der Waals surface area contributed by atoms with Gasteiger partial charge in [-0.1, -0.05) is 0 Å². The third-order valence-electron chi connectivity index (χ3n) is 3.61. The summed E-state index contributed by atoms with van der Waals surface area (Å²) in [6.07, 6.45) is 1.90. The summed E-state index contributed by atoms with van der Waals surface area (Å²) < 4.78 is 5.54. The van der Waals surface area contributed by atoms with Crippen LogP contribution in [0.5, 0.6) is 0 Å². The summed E-state index contributed by atoms with van der Waals surface area (Å²) in [6.45, 7) is 7.51. The van der Waals surface area contributed by atoms with Crippen molar-refractivity contribution in [2.24, 2.45) is 0 Å². The van der Waals surface area contributed by atoms with Crippen LogP contribution in [-0.2, 0) is 20.7 Å². The van der Waals surface area contributed by atoms with Gasteiger partial charge in [0.2, 0.25) is 0 Å². The zero-order chi connectivity index (χ0) is 16.8. The first-order valence-electron chi connectivity index (χ1n) is 7.78. The first-order chi connectivity index (χ1) is 10.2. The summed E-state index contributed by atoms with van der Waals surface area (Å²) in [5, 5.41) is 0. The van der Waals surface area contributed by atoms with E-state index in [0.717, 1.165) is 18.5 Å². The molecule has 0 fully saturated rings. The van der Waals surface area contributed by atoms with Crippen LogP contribution in [0.3, 0.4) is 0 Å². The Morgan fingerprint density at radius 2 is 1.95 bits per heavy atom. The quantitative estimate of drug-likeness (QED) is 0.518. The van der Waals surface area contributed by atoms with E-state index in [1.165, 1.54) is 9.75 Å². The fourth-order valence-corrected chi connectivity index (χ4v) is 3.45. The fraction of sp³-hybridized carbons (Fsp3) is 0.647. The third kappa shape index (κ3) is 6.71. The maximum absolute atomic E-state index is 12.1. The Kier molecular flexibility index (Phi) is 7.23. The predicted octanol–water partition coefficient (Wildman–Crippen LogP) is 2.90. The number of hydrogen-bond acceptors (Lipinski definition) is 4. The average Bonchev–Trinajstić information content (AvgIpc) is 2.66. The highest BCUT2D eigenvalue weighted by molar-refractivity contribution is 7.12. The molecule has 0 spiro atoms. The van der Waals surface area contributed by atoms with Gasteiger partial charge in [0.25, 0.3) is 0 Å². The Balaban J connectivity index is 2.35. The molecule has 22 heavy (non-hydrogen) atoms. The maximum Gasteiger partial charge on any atom is 0.361 e. The average molecular weight is 326 g/mol. The van der Waals surface area contributed by atoms with E-state index in [0.29, 0.717) is 30.5 Å². The molecule has 0 saturated carbocycles. The molecule has 0 amide bonds. The van der Waals surface area contributed by atoms with Crippen molar-refractivity contribution in [2.45, 2.75) is 40.0 Å². The summed E-state index contributed by atoms with van der Waals surface area (Å²) >= 11 is 1.74. The molecule has 124 valence electrons. The van der Waals surface area contributed by atoms with E-state index in [9.17, 15) is 9.59 Å². The van der Waals surface area contributed by atoms with Crippen molar-refractivity contribution in [3.8, 4) is 0 Å². The van der Waals surface area contributed by atoms with E-state index in [1.54, 1.807) is 11.3 Å². The number of carbonyl (C=O) groups excluding carboxylic acids is 2. The van der Waals surface area contributed by atoms with Crippen molar-refractivity contribution in [3.63, 3.8) is 0 Å². The Hall–Kier alpha value is -1.20. The number of ether oxygens (including phenoxy) is 1. The van der Waals surface area contributed by atoms with Crippen molar-refractivity contribution >= 4 is 23.1 Å². The van der Waals surface area contributed by atoms with E-state index in [1.807, 2.05) is 21.0 Å².